The first-order valence-corrected chi connectivity index (χ1v) is 8.23. The van der Waals surface area contributed by atoms with E-state index in [1.807, 2.05) is 18.2 Å². The van der Waals surface area contributed by atoms with Crippen LogP contribution in [0.3, 0.4) is 0 Å². The molecule has 0 spiro atoms. The molecule has 7 heteroatoms. The zero-order valence-corrected chi connectivity index (χ0v) is 13.7. The van der Waals surface area contributed by atoms with Crippen molar-refractivity contribution in [1.82, 2.24) is 9.88 Å². The van der Waals surface area contributed by atoms with E-state index in [4.69, 9.17) is 9.52 Å². The highest BCUT2D eigenvalue weighted by atomic mass is 16.4. The van der Waals surface area contributed by atoms with Crippen LogP contribution in [0.1, 0.15) is 53.1 Å². The topological polar surface area (TPSA) is 104 Å². The highest BCUT2D eigenvalue weighted by Crippen LogP contribution is 2.30. The molecule has 132 valence electrons. The van der Waals surface area contributed by atoms with Crippen molar-refractivity contribution in [3.63, 3.8) is 0 Å². The van der Waals surface area contributed by atoms with Crippen molar-refractivity contribution in [2.24, 2.45) is 0 Å². The summed E-state index contributed by atoms with van der Waals surface area (Å²) in [5.41, 5.74) is 0.608. The average molecular weight is 344 g/mol. The SMILES string of the molecule is O=C(O)c1ncoc1C1CCCN(C(=O)C[C@@H](O)c2ccccc2)C1. The Balaban J connectivity index is 1.65. The maximum absolute atomic E-state index is 12.5. The number of aromatic carboxylic acids is 1. The molecule has 0 radical (unpaired) electrons. The van der Waals surface area contributed by atoms with Crippen molar-refractivity contribution in [3.8, 4) is 0 Å². The molecule has 3 rings (SSSR count). The van der Waals surface area contributed by atoms with Crippen molar-refractivity contribution in [3.05, 3.63) is 53.7 Å². The molecule has 1 aliphatic heterocycles. The van der Waals surface area contributed by atoms with Gasteiger partial charge in [0.1, 0.15) is 5.76 Å². The number of hydrogen-bond donors (Lipinski definition) is 2. The summed E-state index contributed by atoms with van der Waals surface area (Å²) in [6.45, 7) is 0.962. The summed E-state index contributed by atoms with van der Waals surface area (Å²) in [4.78, 5) is 29.1. The smallest absolute Gasteiger partial charge is 0.358 e. The molecule has 1 amide bonds. The van der Waals surface area contributed by atoms with E-state index in [2.05, 4.69) is 4.98 Å². The Hall–Kier alpha value is -2.67. The Morgan fingerprint density at radius 3 is 2.80 bits per heavy atom. The molecule has 0 aliphatic carbocycles. The minimum absolute atomic E-state index is 0.00107. The fraction of sp³-hybridized carbons (Fsp3) is 0.389. The third-order valence-corrected chi connectivity index (χ3v) is 4.49. The van der Waals surface area contributed by atoms with Crippen LogP contribution in [0.15, 0.2) is 41.1 Å². The Morgan fingerprint density at radius 2 is 2.08 bits per heavy atom. The number of amides is 1. The predicted octanol–water partition coefficient (Wildman–Crippen LogP) is 2.20. The number of nitrogens with zero attached hydrogens (tertiary/aromatic N) is 2. The van der Waals surface area contributed by atoms with Crippen LogP contribution in [-0.4, -0.2) is 45.1 Å². The fourth-order valence-corrected chi connectivity index (χ4v) is 3.21. The first-order chi connectivity index (χ1) is 12.1. The quantitative estimate of drug-likeness (QED) is 0.862. The lowest BCUT2D eigenvalue weighted by Crippen LogP contribution is -2.39. The number of carbonyl (C=O) groups excluding carboxylic acids is 1. The Bertz CT molecular complexity index is 743. The Labute approximate surface area is 144 Å². The molecule has 1 unspecified atom stereocenters. The third kappa shape index (κ3) is 3.88. The van der Waals surface area contributed by atoms with Gasteiger partial charge < -0.3 is 19.5 Å². The fourth-order valence-electron chi connectivity index (χ4n) is 3.21. The average Bonchev–Trinajstić information content (AvgIpc) is 3.12. The summed E-state index contributed by atoms with van der Waals surface area (Å²) >= 11 is 0. The number of aliphatic hydroxyl groups is 1. The summed E-state index contributed by atoms with van der Waals surface area (Å²) in [7, 11) is 0. The minimum atomic E-state index is -1.13. The van der Waals surface area contributed by atoms with Gasteiger partial charge in [-0.05, 0) is 18.4 Å². The molecule has 0 saturated carbocycles. The molecule has 1 aliphatic rings. The van der Waals surface area contributed by atoms with Crippen LogP contribution in [0.5, 0.6) is 0 Å². The largest absolute Gasteiger partial charge is 0.476 e. The molecule has 7 nitrogen and oxygen atoms in total. The number of benzene rings is 1. The van der Waals surface area contributed by atoms with Gasteiger partial charge in [0.05, 0.1) is 12.5 Å². The number of piperidine rings is 1. The summed E-state index contributed by atoms with van der Waals surface area (Å²) in [6, 6.07) is 9.05. The number of rotatable bonds is 5. The van der Waals surface area contributed by atoms with E-state index in [1.54, 1.807) is 17.0 Å². The number of aromatic nitrogens is 1. The molecule has 0 bridgehead atoms. The van der Waals surface area contributed by atoms with E-state index in [9.17, 15) is 14.7 Å². The van der Waals surface area contributed by atoms with Crippen molar-refractivity contribution in [2.75, 3.05) is 13.1 Å². The van der Waals surface area contributed by atoms with Crippen LogP contribution in [0.4, 0.5) is 0 Å². The van der Waals surface area contributed by atoms with Crippen LogP contribution < -0.4 is 0 Å². The van der Waals surface area contributed by atoms with E-state index in [0.29, 0.717) is 24.4 Å². The molecule has 2 aromatic rings. The number of likely N-dealkylation sites (tertiary alicyclic amines) is 1. The van der Waals surface area contributed by atoms with Gasteiger partial charge >= 0.3 is 5.97 Å². The summed E-state index contributed by atoms with van der Waals surface area (Å²) in [5, 5.41) is 19.4. The lowest BCUT2D eigenvalue weighted by Gasteiger charge is -2.32. The van der Waals surface area contributed by atoms with Gasteiger partial charge in [-0.25, -0.2) is 9.78 Å². The number of oxazole rings is 1. The lowest BCUT2D eigenvalue weighted by molar-refractivity contribution is -0.134. The van der Waals surface area contributed by atoms with E-state index in [-0.39, 0.29) is 23.9 Å². The molecule has 1 aromatic carbocycles. The Kier molecular flexibility index (Phi) is 5.14. The predicted molar refractivity (Wildman–Crippen MR) is 88.0 cm³/mol. The molecule has 1 saturated heterocycles. The number of carbonyl (C=O) groups is 2. The van der Waals surface area contributed by atoms with Crippen molar-refractivity contribution < 1.29 is 24.2 Å². The van der Waals surface area contributed by atoms with Crippen LogP contribution in [0.2, 0.25) is 0 Å². The second-order valence-corrected chi connectivity index (χ2v) is 6.18. The second-order valence-electron chi connectivity index (χ2n) is 6.18. The normalized spacial score (nSPS) is 18.8. The molecule has 25 heavy (non-hydrogen) atoms. The van der Waals surface area contributed by atoms with Crippen LogP contribution in [0, 0.1) is 0 Å². The number of aliphatic hydroxyl groups excluding tert-OH is 1. The first kappa shape index (κ1) is 17.2. The van der Waals surface area contributed by atoms with E-state index in [0.717, 1.165) is 19.2 Å². The van der Waals surface area contributed by atoms with Crippen molar-refractivity contribution in [2.45, 2.75) is 31.3 Å². The lowest BCUT2D eigenvalue weighted by atomic mass is 9.93. The minimum Gasteiger partial charge on any atom is -0.476 e. The Morgan fingerprint density at radius 1 is 1.32 bits per heavy atom. The zero-order chi connectivity index (χ0) is 17.8. The molecular formula is C18H20N2O5. The summed E-state index contributed by atoms with van der Waals surface area (Å²) in [5.74, 6) is -1.17. The van der Waals surface area contributed by atoms with E-state index < -0.39 is 12.1 Å². The molecule has 2 atom stereocenters. The highest BCUT2D eigenvalue weighted by Gasteiger charge is 2.31. The number of hydrogen-bond acceptors (Lipinski definition) is 5. The van der Waals surface area contributed by atoms with Gasteiger partial charge in [-0.3, -0.25) is 4.79 Å². The molecule has 2 heterocycles. The number of carboxylic acids is 1. The van der Waals surface area contributed by atoms with Gasteiger partial charge in [-0.1, -0.05) is 30.3 Å². The van der Waals surface area contributed by atoms with Crippen LogP contribution in [0.25, 0.3) is 0 Å². The monoisotopic (exact) mass is 344 g/mol. The van der Waals surface area contributed by atoms with E-state index >= 15 is 0 Å². The van der Waals surface area contributed by atoms with Gasteiger partial charge in [0, 0.05) is 19.0 Å². The van der Waals surface area contributed by atoms with Gasteiger partial charge in [0.2, 0.25) is 5.91 Å². The number of carboxylic acid groups (broad SMARTS) is 1. The summed E-state index contributed by atoms with van der Waals surface area (Å²) in [6.07, 6.45) is 1.75. The first-order valence-electron chi connectivity index (χ1n) is 8.23. The summed E-state index contributed by atoms with van der Waals surface area (Å²) < 4.78 is 5.26. The third-order valence-electron chi connectivity index (χ3n) is 4.49. The molecule has 1 fully saturated rings. The van der Waals surface area contributed by atoms with Gasteiger partial charge in [0.15, 0.2) is 12.1 Å². The standard InChI is InChI=1S/C18H20N2O5/c21-14(12-5-2-1-3-6-12)9-15(22)20-8-4-7-13(10-20)17-16(18(23)24)19-11-25-17/h1-3,5-6,11,13-14,21H,4,7-10H2,(H,23,24)/t13?,14-/m1/s1. The van der Waals surface area contributed by atoms with E-state index in [1.165, 1.54) is 0 Å². The maximum atomic E-state index is 12.5. The van der Waals surface area contributed by atoms with Crippen LogP contribution in [-0.2, 0) is 4.79 Å². The molecule has 2 N–H and O–H groups in total. The molecular weight excluding hydrogens is 324 g/mol. The maximum Gasteiger partial charge on any atom is 0.358 e. The van der Waals surface area contributed by atoms with Gasteiger partial charge in [-0.2, -0.15) is 0 Å². The zero-order valence-electron chi connectivity index (χ0n) is 13.7. The second kappa shape index (κ2) is 7.48. The van der Waals surface area contributed by atoms with Crippen LogP contribution >= 0.6 is 0 Å². The van der Waals surface area contributed by atoms with Gasteiger partial charge in [0.25, 0.3) is 0 Å². The van der Waals surface area contributed by atoms with Crippen molar-refractivity contribution in [1.29, 1.82) is 0 Å². The van der Waals surface area contributed by atoms with Crippen molar-refractivity contribution >= 4 is 11.9 Å². The highest BCUT2D eigenvalue weighted by molar-refractivity contribution is 5.86. The van der Waals surface area contributed by atoms with Gasteiger partial charge in [-0.15, -0.1) is 0 Å². The molecule has 1 aromatic heterocycles.